The molecule has 3 heterocycles. The van der Waals surface area contributed by atoms with E-state index in [0.29, 0.717) is 12.1 Å². The molecule has 2 aliphatic carbocycles. The van der Waals surface area contributed by atoms with Crippen molar-refractivity contribution in [3.63, 3.8) is 0 Å². The van der Waals surface area contributed by atoms with Gasteiger partial charge in [0.05, 0.1) is 34.7 Å². The van der Waals surface area contributed by atoms with Crippen molar-refractivity contribution in [1.82, 2.24) is 13.7 Å². The van der Waals surface area contributed by atoms with Crippen LogP contribution in [0.2, 0.25) is 0 Å². The van der Waals surface area contributed by atoms with Crippen molar-refractivity contribution in [2.24, 2.45) is 0 Å². The Labute approximate surface area is 352 Å². The van der Waals surface area contributed by atoms with Crippen molar-refractivity contribution in [2.75, 3.05) is 0 Å². The Kier molecular flexibility index (Phi) is 7.85. The van der Waals surface area contributed by atoms with E-state index in [1.807, 2.05) is 18.2 Å². The first-order chi connectivity index (χ1) is 30.2. The van der Waals surface area contributed by atoms with Crippen molar-refractivity contribution in [3.05, 3.63) is 222 Å². The quantitative estimate of drug-likeness (QED) is 0.155. The fourth-order valence-electron chi connectivity index (χ4n) is 10.2. The average Bonchev–Trinajstić information content (AvgIpc) is 3.96. The molecule has 0 saturated carbocycles. The number of aromatic nitrogens is 3. The van der Waals surface area contributed by atoms with Gasteiger partial charge in [-0.1, -0.05) is 121 Å². The molecule has 0 amide bonds. The summed E-state index contributed by atoms with van der Waals surface area (Å²) in [4.78, 5) is 8.00. The minimum Gasteiger partial charge on any atom is -0.333 e. The van der Waals surface area contributed by atoms with Crippen LogP contribution >= 0.6 is 0 Å². The molecule has 0 fully saturated rings. The molecular weight excluding hydrogens is 743 g/mol. The lowest BCUT2D eigenvalue weighted by Crippen LogP contribution is -2.17. The highest BCUT2D eigenvalue weighted by atomic mass is 15.0. The van der Waals surface area contributed by atoms with Crippen molar-refractivity contribution in [3.8, 4) is 16.8 Å². The molecule has 286 valence electrons. The molecule has 0 N–H and O–H groups in total. The van der Waals surface area contributed by atoms with Gasteiger partial charge in [-0.3, -0.25) is 0 Å². The number of hydrogen-bond donors (Lipinski definition) is 0. The first-order valence-corrected chi connectivity index (χ1v) is 20.9. The number of allylic oxidation sites excluding steroid dienone is 5. The fraction of sp³-hybridized carbons (Fsp3) is 0.0714. The number of benzene rings is 7. The minimum atomic E-state index is -0.273. The van der Waals surface area contributed by atoms with Crippen LogP contribution in [0.25, 0.3) is 97.6 Å². The minimum absolute atomic E-state index is 0.0236. The summed E-state index contributed by atoms with van der Waals surface area (Å²) in [5.41, 5.74) is 14.4. The van der Waals surface area contributed by atoms with Gasteiger partial charge >= 0.3 is 0 Å². The molecule has 0 spiro atoms. The van der Waals surface area contributed by atoms with Gasteiger partial charge in [-0.2, -0.15) is 0 Å². The predicted molar refractivity (Wildman–Crippen MR) is 253 cm³/mol. The standard InChI is InChI=1S/C56H37N5/c1-57-39-24-29-55-48(33-39)47-32-37(36-13-4-3-5-14-36)23-28-54(47)59(55)40-16-12-15-38(31-40)46-34-41(25-27-50(46)58-2)61-53-22-11-8-19-45(53)49-35-42(26-30-56(49)61)60-51-20-9-6-17-43(51)44-18-7-10-21-52(44)60/h3-26,28-30,32-35,40,50H,27,31H2. The van der Waals surface area contributed by atoms with E-state index in [-0.39, 0.29) is 12.1 Å². The maximum absolute atomic E-state index is 8.36. The van der Waals surface area contributed by atoms with E-state index in [1.54, 1.807) is 0 Å². The highest BCUT2D eigenvalue weighted by molar-refractivity contribution is 6.13. The first-order valence-electron chi connectivity index (χ1n) is 20.9. The van der Waals surface area contributed by atoms with Crippen molar-refractivity contribution in [2.45, 2.75) is 24.9 Å². The molecule has 0 saturated heterocycles. The second-order valence-corrected chi connectivity index (χ2v) is 16.2. The Morgan fingerprint density at radius 1 is 0.525 bits per heavy atom. The molecule has 0 radical (unpaired) electrons. The van der Waals surface area contributed by atoms with Gasteiger partial charge < -0.3 is 18.5 Å². The Morgan fingerprint density at radius 3 is 1.85 bits per heavy atom. The molecule has 10 aromatic rings. The molecule has 2 unspecified atom stereocenters. The molecular formula is C56H37N5. The fourth-order valence-corrected chi connectivity index (χ4v) is 10.2. The van der Waals surface area contributed by atoms with Crippen molar-refractivity contribution >= 4 is 76.8 Å². The Hall–Kier alpha value is -8.12. The second kappa shape index (κ2) is 13.7. The first kappa shape index (κ1) is 34.9. The van der Waals surface area contributed by atoms with Gasteiger partial charge in [0.2, 0.25) is 0 Å². The van der Waals surface area contributed by atoms with E-state index in [4.69, 9.17) is 13.1 Å². The predicted octanol–water partition coefficient (Wildman–Crippen LogP) is 14.8. The number of nitrogens with zero attached hydrogens (tertiary/aromatic N) is 5. The van der Waals surface area contributed by atoms with Gasteiger partial charge in [-0.05, 0) is 95.2 Å². The number of rotatable bonds is 5. The van der Waals surface area contributed by atoms with Crippen LogP contribution in [-0.4, -0.2) is 19.7 Å². The summed E-state index contributed by atoms with van der Waals surface area (Å²) >= 11 is 0. The van der Waals surface area contributed by atoms with Crippen LogP contribution in [0.5, 0.6) is 0 Å². The summed E-state index contributed by atoms with van der Waals surface area (Å²) in [6.45, 7) is 16.2. The van der Waals surface area contributed by atoms with E-state index in [9.17, 15) is 0 Å². The third kappa shape index (κ3) is 5.38. The summed E-state index contributed by atoms with van der Waals surface area (Å²) in [5.74, 6) is 0. The van der Waals surface area contributed by atoms with Crippen LogP contribution in [0.3, 0.4) is 0 Å². The normalized spacial score (nSPS) is 16.6. The lowest BCUT2D eigenvalue weighted by Gasteiger charge is -2.26. The van der Waals surface area contributed by atoms with Gasteiger partial charge in [0.15, 0.2) is 5.69 Å². The average molecular weight is 780 g/mol. The summed E-state index contributed by atoms with van der Waals surface area (Å²) in [6.07, 6.45) is 12.6. The van der Waals surface area contributed by atoms with Crippen molar-refractivity contribution < 1.29 is 0 Å². The smallest absolute Gasteiger partial charge is 0.252 e. The molecule has 3 aromatic heterocycles. The zero-order valence-corrected chi connectivity index (χ0v) is 33.2. The molecule has 2 atom stereocenters. The molecule has 7 aromatic carbocycles. The molecule has 5 nitrogen and oxygen atoms in total. The van der Waals surface area contributed by atoms with Gasteiger partial charge in [0.25, 0.3) is 6.04 Å². The van der Waals surface area contributed by atoms with Crippen molar-refractivity contribution in [1.29, 1.82) is 0 Å². The molecule has 12 rings (SSSR count). The lowest BCUT2D eigenvalue weighted by molar-refractivity contribution is 0.627. The second-order valence-electron chi connectivity index (χ2n) is 16.2. The van der Waals surface area contributed by atoms with E-state index in [2.05, 4.69) is 193 Å². The largest absolute Gasteiger partial charge is 0.333 e. The van der Waals surface area contributed by atoms with Crippen LogP contribution in [-0.2, 0) is 0 Å². The van der Waals surface area contributed by atoms with Gasteiger partial charge in [0.1, 0.15) is 0 Å². The zero-order chi connectivity index (χ0) is 40.6. The van der Waals surface area contributed by atoms with Crippen LogP contribution < -0.4 is 0 Å². The van der Waals surface area contributed by atoms with E-state index >= 15 is 0 Å². The van der Waals surface area contributed by atoms with E-state index < -0.39 is 0 Å². The van der Waals surface area contributed by atoms with Gasteiger partial charge in [-0.15, -0.1) is 0 Å². The van der Waals surface area contributed by atoms with E-state index in [1.165, 1.54) is 43.7 Å². The van der Waals surface area contributed by atoms with Gasteiger partial charge in [-0.25, -0.2) is 11.4 Å². The Morgan fingerprint density at radius 2 is 1.13 bits per heavy atom. The van der Waals surface area contributed by atoms with E-state index in [0.717, 1.165) is 61.8 Å². The monoisotopic (exact) mass is 779 g/mol. The number of para-hydroxylation sites is 3. The summed E-state index contributed by atoms with van der Waals surface area (Å²) < 4.78 is 7.21. The maximum atomic E-state index is 8.36. The highest BCUT2D eigenvalue weighted by Crippen LogP contribution is 2.43. The molecule has 0 bridgehead atoms. The molecule has 5 heteroatoms. The summed E-state index contributed by atoms with van der Waals surface area (Å²) in [7, 11) is 0. The topological polar surface area (TPSA) is 23.5 Å². The maximum Gasteiger partial charge on any atom is 0.252 e. The lowest BCUT2D eigenvalue weighted by atomic mass is 9.86. The Bertz CT molecular complexity index is 3630. The zero-order valence-electron chi connectivity index (χ0n) is 33.2. The SMILES string of the molecule is [C-]#[N+]c1ccc2c(c1)c1cc(-c3ccccc3)ccc1n2C1C=CC=C(C2=CC(n3c4ccccc4c4cc(-n5c6ccccc6c6ccccc65)ccc43)=CCC2[N+]#[C-])C1. The Balaban J connectivity index is 0.959. The summed E-state index contributed by atoms with van der Waals surface area (Å²) in [6, 6.07) is 55.9. The molecule has 0 aliphatic heterocycles. The van der Waals surface area contributed by atoms with Crippen LogP contribution in [0.4, 0.5) is 5.69 Å². The molecule has 2 aliphatic rings. The third-order valence-corrected chi connectivity index (χ3v) is 12.9. The van der Waals surface area contributed by atoms with Crippen LogP contribution in [0.15, 0.2) is 199 Å². The van der Waals surface area contributed by atoms with Crippen LogP contribution in [0, 0.1) is 13.1 Å². The summed E-state index contributed by atoms with van der Waals surface area (Å²) in [5, 5.41) is 7.12. The van der Waals surface area contributed by atoms with Gasteiger partial charge in [0, 0.05) is 61.3 Å². The van der Waals surface area contributed by atoms with Crippen LogP contribution in [0.1, 0.15) is 18.9 Å². The third-order valence-electron chi connectivity index (χ3n) is 12.9. The highest BCUT2D eigenvalue weighted by Gasteiger charge is 2.30. The number of hydrogen-bond acceptors (Lipinski definition) is 0. The number of fused-ring (bicyclic) bond motifs is 9. The molecule has 61 heavy (non-hydrogen) atoms.